The van der Waals surface area contributed by atoms with Gasteiger partial charge in [-0.2, -0.15) is 0 Å². The molecule has 1 atom stereocenters. The molecule has 20 heavy (non-hydrogen) atoms. The molecule has 2 rings (SSSR count). The molecule has 0 bridgehead atoms. The molecule has 1 unspecified atom stereocenters. The van der Waals surface area contributed by atoms with Gasteiger partial charge in [-0.1, -0.05) is 11.8 Å². The van der Waals surface area contributed by atoms with Gasteiger partial charge < -0.3 is 14.7 Å². The van der Waals surface area contributed by atoms with Crippen molar-refractivity contribution in [3.63, 3.8) is 0 Å². The van der Waals surface area contributed by atoms with Crippen LogP contribution in [-0.2, 0) is 16.1 Å². The Morgan fingerprint density at radius 3 is 3.00 bits per heavy atom. The van der Waals surface area contributed by atoms with Gasteiger partial charge in [0.2, 0.25) is 5.95 Å². The second kappa shape index (κ2) is 6.94. The minimum Gasteiger partial charge on any atom is -0.481 e. The summed E-state index contributed by atoms with van der Waals surface area (Å²) in [7, 11) is 1.72. The van der Waals surface area contributed by atoms with Gasteiger partial charge in [-0.05, 0) is 13.3 Å². The summed E-state index contributed by atoms with van der Waals surface area (Å²) in [5, 5.41) is 17.8. The van der Waals surface area contributed by atoms with Gasteiger partial charge in [0.1, 0.15) is 0 Å². The quantitative estimate of drug-likeness (QED) is 0.751. The van der Waals surface area contributed by atoms with Crippen LogP contribution in [0.15, 0.2) is 5.16 Å². The number of thioether (sulfide) groups is 1. The number of rotatable bonds is 7. The van der Waals surface area contributed by atoms with Crippen LogP contribution in [0.3, 0.4) is 0 Å². The number of aliphatic carboxylic acids is 1. The molecule has 2 heterocycles. The number of hydrogen-bond donors (Lipinski definition) is 1. The molecular weight excluding hydrogens is 280 g/mol. The standard InChI is InChI=1S/C12H20N4O3S/c1-3-16-11(13-14-12(16)20-8-10(17)18)15-5-4-9(6-15)7-19-2/h9H,3-8H2,1-2H3,(H,17,18). The van der Waals surface area contributed by atoms with Crippen molar-refractivity contribution in [2.45, 2.75) is 25.0 Å². The molecule has 0 amide bonds. The summed E-state index contributed by atoms with van der Waals surface area (Å²) in [6.45, 7) is 5.36. The van der Waals surface area contributed by atoms with E-state index in [0.29, 0.717) is 11.1 Å². The van der Waals surface area contributed by atoms with Crippen LogP contribution >= 0.6 is 11.8 Å². The van der Waals surface area contributed by atoms with Gasteiger partial charge in [0.25, 0.3) is 0 Å². The fourth-order valence-electron chi connectivity index (χ4n) is 2.41. The van der Waals surface area contributed by atoms with Gasteiger partial charge in [-0.3, -0.25) is 9.36 Å². The summed E-state index contributed by atoms with van der Waals surface area (Å²) in [6, 6.07) is 0. The summed E-state index contributed by atoms with van der Waals surface area (Å²) >= 11 is 1.21. The number of anilines is 1. The number of carboxylic acid groups (broad SMARTS) is 1. The summed E-state index contributed by atoms with van der Waals surface area (Å²) < 4.78 is 7.17. The van der Waals surface area contributed by atoms with Crippen LogP contribution in [0.2, 0.25) is 0 Å². The summed E-state index contributed by atoms with van der Waals surface area (Å²) in [4.78, 5) is 12.8. The largest absolute Gasteiger partial charge is 0.481 e. The minimum atomic E-state index is -0.844. The van der Waals surface area contributed by atoms with Crippen LogP contribution < -0.4 is 4.90 Å². The van der Waals surface area contributed by atoms with Crippen molar-refractivity contribution in [3.05, 3.63) is 0 Å². The number of carbonyl (C=O) groups is 1. The molecule has 0 spiro atoms. The van der Waals surface area contributed by atoms with Crippen LogP contribution in [0.4, 0.5) is 5.95 Å². The van der Waals surface area contributed by atoms with Crippen LogP contribution in [0.25, 0.3) is 0 Å². The Morgan fingerprint density at radius 2 is 2.35 bits per heavy atom. The van der Waals surface area contributed by atoms with Crippen LogP contribution in [0, 0.1) is 5.92 Å². The average molecular weight is 300 g/mol. The predicted octanol–water partition coefficient (Wildman–Crippen LogP) is 0.947. The highest BCUT2D eigenvalue weighted by Crippen LogP contribution is 2.26. The van der Waals surface area contributed by atoms with E-state index in [1.54, 1.807) is 7.11 Å². The molecule has 8 heteroatoms. The molecule has 1 saturated heterocycles. The molecule has 0 aromatic carbocycles. The van der Waals surface area contributed by atoms with Crippen molar-refractivity contribution in [2.24, 2.45) is 5.92 Å². The lowest BCUT2D eigenvalue weighted by Gasteiger charge is -2.18. The number of nitrogens with zero attached hydrogens (tertiary/aromatic N) is 4. The third-order valence-electron chi connectivity index (χ3n) is 3.31. The molecule has 1 N–H and O–H groups in total. The van der Waals surface area contributed by atoms with Crippen molar-refractivity contribution in [2.75, 3.05) is 37.5 Å². The summed E-state index contributed by atoms with van der Waals surface area (Å²) in [6.07, 6.45) is 1.09. The van der Waals surface area contributed by atoms with Crippen molar-refractivity contribution in [1.29, 1.82) is 0 Å². The fourth-order valence-corrected chi connectivity index (χ4v) is 3.13. The molecular formula is C12H20N4O3S. The molecule has 112 valence electrons. The Kier molecular flexibility index (Phi) is 5.24. The van der Waals surface area contributed by atoms with E-state index >= 15 is 0 Å². The topological polar surface area (TPSA) is 80.5 Å². The molecule has 0 aliphatic carbocycles. The summed E-state index contributed by atoms with van der Waals surface area (Å²) in [5.41, 5.74) is 0. The maximum atomic E-state index is 10.6. The van der Waals surface area contributed by atoms with Gasteiger partial charge in [0, 0.05) is 32.7 Å². The van der Waals surface area contributed by atoms with Gasteiger partial charge >= 0.3 is 5.97 Å². The van der Waals surface area contributed by atoms with E-state index in [2.05, 4.69) is 15.1 Å². The first-order chi connectivity index (χ1) is 9.65. The monoisotopic (exact) mass is 300 g/mol. The molecule has 0 saturated carbocycles. The second-order valence-corrected chi connectivity index (χ2v) is 5.71. The average Bonchev–Trinajstić information content (AvgIpc) is 3.02. The smallest absolute Gasteiger partial charge is 0.313 e. The van der Waals surface area contributed by atoms with E-state index < -0.39 is 5.97 Å². The van der Waals surface area contributed by atoms with Crippen molar-refractivity contribution >= 4 is 23.7 Å². The predicted molar refractivity (Wildman–Crippen MR) is 76.3 cm³/mol. The molecule has 1 aliphatic heterocycles. The van der Waals surface area contributed by atoms with E-state index in [1.807, 2.05) is 11.5 Å². The molecule has 1 aliphatic rings. The minimum absolute atomic E-state index is 0.00440. The van der Waals surface area contributed by atoms with E-state index in [-0.39, 0.29) is 5.75 Å². The lowest BCUT2D eigenvalue weighted by atomic mass is 10.1. The number of aromatic nitrogens is 3. The highest BCUT2D eigenvalue weighted by Gasteiger charge is 2.27. The zero-order chi connectivity index (χ0) is 14.5. The zero-order valence-electron chi connectivity index (χ0n) is 11.8. The van der Waals surface area contributed by atoms with Gasteiger partial charge in [-0.15, -0.1) is 10.2 Å². The molecule has 1 aromatic rings. The first-order valence-corrected chi connectivity index (χ1v) is 7.66. The first-order valence-electron chi connectivity index (χ1n) is 6.67. The lowest BCUT2D eigenvalue weighted by molar-refractivity contribution is -0.133. The maximum Gasteiger partial charge on any atom is 0.313 e. The molecule has 0 radical (unpaired) electrons. The lowest BCUT2D eigenvalue weighted by Crippen LogP contribution is -2.24. The SMILES string of the molecule is CCn1c(SCC(=O)O)nnc1N1CCC(COC)C1. The van der Waals surface area contributed by atoms with Gasteiger partial charge in [-0.25, -0.2) is 0 Å². The van der Waals surface area contributed by atoms with Crippen LogP contribution in [0.1, 0.15) is 13.3 Å². The highest BCUT2D eigenvalue weighted by atomic mass is 32.2. The molecule has 1 fully saturated rings. The Morgan fingerprint density at radius 1 is 1.55 bits per heavy atom. The number of carboxylic acids is 1. The third-order valence-corrected chi connectivity index (χ3v) is 4.26. The highest BCUT2D eigenvalue weighted by molar-refractivity contribution is 7.99. The van der Waals surface area contributed by atoms with Crippen molar-refractivity contribution in [3.8, 4) is 0 Å². The third kappa shape index (κ3) is 3.43. The second-order valence-electron chi connectivity index (χ2n) is 4.77. The normalized spacial score (nSPS) is 18.7. The Bertz CT molecular complexity index is 466. The van der Waals surface area contributed by atoms with Crippen LogP contribution in [-0.4, -0.2) is 58.4 Å². The molecule has 7 nitrogen and oxygen atoms in total. The van der Waals surface area contributed by atoms with Crippen molar-refractivity contribution < 1.29 is 14.6 Å². The Labute approximate surface area is 122 Å². The van der Waals surface area contributed by atoms with E-state index in [1.165, 1.54) is 11.8 Å². The number of methoxy groups -OCH3 is 1. The van der Waals surface area contributed by atoms with E-state index in [0.717, 1.165) is 38.6 Å². The number of ether oxygens (including phenoxy) is 1. The number of hydrogen-bond acceptors (Lipinski definition) is 6. The zero-order valence-corrected chi connectivity index (χ0v) is 12.6. The van der Waals surface area contributed by atoms with E-state index in [9.17, 15) is 4.79 Å². The van der Waals surface area contributed by atoms with Gasteiger partial charge in [0.05, 0.1) is 12.4 Å². The van der Waals surface area contributed by atoms with E-state index in [4.69, 9.17) is 9.84 Å². The van der Waals surface area contributed by atoms with Crippen LogP contribution in [0.5, 0.6) is 0 Å². The Balaban J connectivity index is 2.06. The first kappa shape index (κ1) is 15.1. The van der Waals surface area contributed by atoms with Gasteiger partial charge in [0.15, 0.2) is 5.16 Å². The summed E-state index contributed by atoms with van der Waals surface area (Å²) in [5.74, 6) is 0.518. The molecule has 1 aromatic heterocycles. The maximum absolute atomic E-state index is 10.6. The van der Waals surface area contributed by atoms with Crippen molar-refractivity contribution in [1.82, 2.24) is 14.8 Å². The Hall–Kier alpha value is -1.28. The fraction of sp³-hybridized carbons (Fsp3) is 0.750.